The van der Waals surface area contributed by atoms with Crippen LogP contribution in [0, 0.1) is 0 Å². The second-order valence-corrected chi connectivity index (χ2v) is 6.78. The highest BCUT2D eigenvalue weighted by Gasteiger charge is 2.13. The lowest BCUT2D eigenvalue weighted by Crippen LogP contribution is -2.19. The van der Waals surface area contributed by atoms with E-state index in [1.165, 1.54) is 0 Å². The van der Waals surface area contributed by atoms with E-state index in [1.54, 1.807) is 0 Å². The van der Waals surface area contributed by atoms with Gasteiger partial charge in [-0.15, -0.1) is 17.5 Å². The Kier molecular flexibility index (Phi) is 6.96. The second-order valence-electron chi connectivity index (χ2n) is 5.90. The fraction of sp³-hybridized carbons (Fsp3) is 0.278. The molecular formula is C18H20Cl3N3O. The molecule has 0 bridgehead atoms. The average Bonchev–Trinajstić information content (AvgIpc) is 2.86. The number of ether oxygens (including phenoxy) is 1. The Morgan fingerprint density at radius 2 is 1.72 bits per heavy atom. The van der Waals surface area contributed by atoms with Gasteiger partial charge in [-0.1, -0.05) is 35.3 Å². The highest BCUT2D eigenvalue weighted by molar-refractivity contribution is 6.31. The largest absolute Gasteiger partial charge is 0.475 e. The number of hydrogen-bond acceptors (Lipinski definition) is 3. The van der Waals surface area contributed by atoms with Crippen molar-refractivity contribution in [2.45, 2.75) is 6.54 Å². The van der Waals surface area contributed by atoms with Crippen molar-refractivity contribution in [2.24, 2.45) is 0 Å². The molecule has 0 saturated carbocycles. The summed E-state index contributed by atoms with van der Waals surface area (Å²) in [4.78, 5) is 2.07. The van der Waals surface area contributed by atoms with E-state index in [0.717, 1.165) is 28.0 Å². The Hall–Kier alpha value is -1.46. The van der Waals surface area contributed by atoms with Crippen LogP contribution in [-0.4, -0.2) is 41.9 Å². The van der Waals surface area contributed by atoms with Crippen molar-refractivity contribution in [1.82, 2.24) is 14.7 Å². The van der Waals surface area contributed by atoms with E-state index in [1.807, 2.05) is 61.2 Å². The molecule has 1 heterocycles. The van der Waals surface area contributed by atoms with Crippen molar-refractivity contribution >= 4 is 46.5 Å². The molecule has 4 nitrogen and oxygen atoms in total. The number of fused-ring (bicyclic) bond motifs is 1. The van der Waals surface area contributed by atoms with Gasteiger partial charge in [-0.25, -0.2) is 0 Å². The van der Waals surface area contributed by atoms with Crippen LogP contribution in [0.5, 0.6) is 5.88 Å². The van der Waals surface area contributed by atoms with Gasteiger partial charge in [0, 0.05) is 16.6 Å². The molecule has 0 aliphatic rings. The Balaban J connectivity index is 0.00000225. The van der Waals surface area contributed by atoms with Crippen LogP contribution in [0.15, 0.2) is 42.5 Å². The number of hydrogen-bond donors (Lipinski definition) is 0. The lowest BCUT2D eigenvalue weighted by atomic mass is 10.2. The van der Waals surface area contributed by atoms with Crippen molar-refractivity contribution in [3.63, 3.8) is 0 Å². The second kappa shape index (κ2) is 8.77. The zero-order valence-electron chi connectivity index (χ0n) is 14.1. The standard InChI is InChI=1S/C18H19Cl2N3O.ClH/c1-22(2)9-10-24-18-16-8-7-15(20)11-17(16)23(21-18)12-13-3-5-14(19)6-4-13;/h3-8,11H,9-10,12H2,1-2H3;1H. The van der Waals surface area contributed by atoms with Gasteiger partial charge < -0.3 is 9.64 Å². The molecule has 2 aromatic carbocycles. The molecule has 0 saturated heterocycles. The summed E-state index contributed by atoms with van der Waals surface area (Å²) in [5.74, 6) is 0.637. The molecule has 3 rings (SSSR count). The van der Waals surface area contributed by atoms with Crippen LogP contribution in [0.2, 0.25) is 10.0 Å². The fourth-order valence-electron chi connectivity index (χ4n) is 2.43. The minimum Gasteiger partial charge on any atom is -0.475 e. The van der Waals surface area contributed by atoms with Crippen LogP contribution in [-0.2, 0) is 6.54 Å². The first-order valence-electron chi connectivity index (χ1n) is 7.71. The minimum atomic E-state index is 0. The molecule has 3 aromatic rings. The zero-order valence-corrected chi connectivity index (χ0v) is 16.4. The summed E-state index contributed by atoms with van der Waals surface area (Å²) in [5.41, 5.74) is 2.07. The highest BCUT2D eigenvalue weighted by Crippen LogP contribution is 2.28. The maximum absolute atomic E-state index is 6.16. The third kappa shape index (κ3) is 5.02. The Morgan fingerprint density at radius 3 is 2.40 bits per heavy atom. The van der Waals surface area contributed by atoms with Gasteiger partial charge in [0.2, 0.25) is 5.88 Å². The molecule has 0 fully saturated rings. The Bertz CT molecular complexity index is 831. The first-order chi connectivity index (χ1) is 11.5. The number of nitrogens with zero attached hydrogens (tertiary/aromatic N) is 3. The van der Waals surface area contributed by atoms with Crippen molar-refractivity contribution < 1.29 is 4.74 Å². The van der Waals surface area contributed by atoms with Gasteiger partial charge in [0.15, 0.2) is 0 Å². The number of rotatable bonds is 6. The average molecular weight is 401 g/mol. The zero-order chi connectivity index (χ0) is 17.1. The number of halogens is 3. The summed E-state index contributed by atoms with van der Waals surface area (Å²) in [6, 6.07) is 13.5. The Morgan fingerprint density at radius 1 is 1.04 bits per heavy atom. The third-order valence-electron chi connectivity index (χ3n) is 3.70. The van der Waals surface area contributed by atoms with Crippen LogP contribution in [0.1, 0.15) is 5.56 Å². The van der Waals surface area contributed by atoms with Crippen LogP contribution in [0.3, 0.4) is 0 Å². The van der Waals surface area contributed by atoms with E-state index in [2.05, 4.69) is 10.00 Å². The van der Waals surface area contributed by atoms with E-state index in [0.29, 0.717) is 24.1 Å². The smallest absolute Gasteiger partial charge is 0.240 e. The molecule has 1 aromatic heterocycles. The summed E-state index contributed by atoms with van der Waals surface area (Å²) in [6.07, 6.45) is 0. The van der Waals surface area contributed by atoms with Gasteiger partial charge in [-0.3, -0.25) is 4.68 Å². The summed E-state index contributed by atoms with van der Waals surface area (Å²) >= 11 is 12.1. The van der Waals surface area contributed by atoms with Gasteiger partial charge in [0.25, 0.3) is 0 Å². The van der Waals surface area contributed by atoms with Crippen molar-refractivity contribution in [3.8, 4) is 5.88 Å². The minimum absolute atomic E-state index is 0. The molecule has 0 aliphatic heterocycles. The van der Waals surface area contributed by atoms with Crippen molar-refractivity contribution in [1.29, 1.82) is 0 Å². The van der Waals surface area contributed by atoms with Gasteiger partial charge in [-0.05, 0) is 50.0 Å². The number of benzene rings is 2. The summed E-state index contributed by atoms with van der Waals surface area (Å²) in [7, 11) is 4.03. The Labute approximate surface area is 163 Å². The van der Waals surface area contributed by atoms with Crippen LogP contribution >= 0.6 is 35.6 Å². The van der Waals surface area contributed by atoms with Crippen molar-refractivity contribution in [3.05, 3.63) is 58.1 Å². The predicted octanol–water partition coefficient (Wildman–Crippen LogP) is 4.75. The van der Waals surface area contributed by atoms with Gasteiger partial charge in [0.1, 0.15) is 6.61 Å². The molecule has 0 unspecified atom stereocenters. The maximum atomic E-state index is 6.16. The molecule has 0 radical (unpaired) electrons. The summed E-state index contributed by atoms with van der Waals surface area (Å²) < 4.78 is 7.78. The van der Waals surface area contributed by atoms with Gasteiger partial charge in [0.05, 0.1) is 17.4 Å². The topological polar surface area (TPSA) is 30.3 Å². The summed E-state index contributed by atoms with van der Waals surface area (Å²) in [6.45, 7) is 2.05. The van der Waals surface area contributed by atoms with Gasteiger partial charge >= 0.3 is 0 Å². The molecule has 0 spiro atoms. The third-order valence-corrected chi connectivity index (χ3v) is 4.19. The van der Waals surface area contributed by atoms with Crippen LogP contribution < -0.4 is 4.74 Å². The molecule has 7 heteroatoms. The molecular weight excluding hydrogens is 381 g/mol. The van der Waals surface area contributed by atoms with E-state index >= 15 is 0 Å². The lowest BCUT2D eigenvalue weighted by Gasteiger charge is -2.09. The number of aromatic nitrogens is 2. The van der Waals surface area contributed by atoms with E-state index in [4.69, 9.17) is 27.9 Å². The number of likely N-dealkylation sites (N-methyl/N-ethyl adjacent to an activating group) is 1. The normalized spacial score (nSPS) is 10.9. The van der Waals surface area contributed by atoms with E-state index in [-0.39, 0.29) is 12.4 Å². The van der Waals surface area contributed by atoms with E-state index in [9.17, 15) is 0 Å². The fourth-order valence-corrected chi connectivity index (χ4v) is 2.72. The summed E-state index contributed by atoms with van der Waals surface area (Å²) in [5, 5.41) is 7.00. The molecule has 0 aliphatic carbocycles. The molecule has 0 atom stereocenters. The highest BCUT2D eigenvalue weighted by atomic mass is 35.5. The van der Waals surface area contributed by atoms with Crippen LogP contribution in [0.25, 0.3) is 10.9 Å². The van der Waals surface area contributed by atoms with Crippen molar-refractivity contribution in [2.75, 3.05) is 27.2 Å². The SMILES string of the molecule is CN(C)CCOc1nn(Cc2ccc(Cl)cc2)c2cc(Cl)ccc12.Cl. The van der Waals surface area contributed by atoms with E-state index < -0.39 is 0 Å². The molecule has 0 amide bonds. The quantitative estimate of drug-likeness (QED) is 0.598. The molecule has 25 heavy (non-hydrogen) atoms. The first kappa shape index (κ1) is 19.9. The monoisotopic (exact) mass is 399 g/mol. The van der Waals surface area contributed by atoms with Crippen LogP contribution in [0.4, 0.5) is 0 Å². The maximum Gasteiger partial charge on any atom is 0.240 e. The first-order valence-corrected chi connectivity index (χ1v) is 8.46. The lowest BCUT2D eigenvalue weighted by molar-refractivity contribution is 0.254. The predicted molar refractivity (Wildman–Crippen MR) is 107 cm³/mol. The molecule has 0 N–H and O–H groups in total. The van der Waals surface area contributed by atoms with Gasteiger partial charge in [-0.2, -0.15) is 0 Å². The molecule has 134 valence electrons.